The van der Waals surface area contributed by atoms with Crippen molar-refractivity contribution in [1.29, 1.82) is 0 Å². The molecule has 0 bridgehead atoms. The van der Waals surface area contributed by atoms with Gasteiger partial charge in [0, 0.05) is 40.6 Å². The first-order valence-electron chi connectivity index (χ1n) is 7.82. The van der Waals surface area contributed by atoms with Crippen molar-refractivity contribution >= 4 is 46.6 Å². The highest BCUT2D eigenvalue weighted by atomic mass is 35.5. The number of hydrogen-bond acceptors (Lipinski definition) is 2. The van der Waals surface area contributed by atoms with Crippen LogP contribution in [0, 0.1) is 0 Å². The number of hydrogen-bond donors (Lipinski definition) is 1. The Labute approximate surface area is 152 Å². The predicted octanol–water partition coefficient (Wildman–Crippen LogP) is 5.49. The molecule has 1 N–H and O–H groups in total. The van der Waals surface area contributed by atoms with Gasteiger partial charge >= 0.3 is 0 Å². The maximum Gasteiger partial charge on any atom is 0.248 e. The fourth-order valence-electron chi connectivity index (χ4n) is 2.33. The number of anilines is 2. The van der Waals surface area contributed by atoms with Crippen LogP contribution >= 0.6 is 23.2 Å². The summed E-state index contributed by atoms with van der Waals surface area (Å²) in [6.07, 6.45) is 3.12. The molecule has 0 unspecified atom stereocenters. The van der Waals surface area contributed by atoms with Gasteiger partial charge in [0.25, 0.3) is 0 Å². The first kappa shape index (κ1) is 18.4. The Morgan fingerprint density at radius 1 is 1.08 bits per heavy atom. The average molecular weight is 363 g/mol. The Balaban J connectivity index is 2.00. The molecule has 126 valence electrons. The number of benzene rings is 2. The van der Waals surface area contributed by atoms with Crippen LogP contribution in [0.3, 0.4) is 0 Å². The van der Waals surface area contributed by atoms with E-state index in [1.807, 2.05) is 24.3 Å². The first-order chi connectivity index (χ1) is 11.5. The molecule has 2 aromatic rings. The number of nitrogens with zero attached hydrogens (tertiary/aromatic N) is 1. The Kier molecular flexibility index (Phi) is 6.71. The van der Waals surface area contributed by atoms with Gasteiger partial charge in [0.15, 0.2) is 0 Å². The zero-order valence-corrected chi connectivity index (χ0v) is 15.2. The standard InChI is InChI=1S/C19H20Cl2N2O/c1-3-23(4-2)17-10-8-16(9-11-17)22-19(24)12-6-14-5-7-15(20)13-18(14)21/h5-13H,3-4H2,1-2H3,(H,22,24). The summed E-state index contributed by atoms with van der Waals surface area (Å²) >= 11 is 11.9. The SMILES string of the molecule is CCN(CC)c1ccc(NC(=O)C=Cc2ccc(Cl)cc2Cl)cc1. The summed E-state index contributed by atoms with van der Waals surface area (Å²) in [5.74, 6) is -0.211. The summed E-state index contributed by atoms with van der Waals surface area (Å²) in [6, 6.07) is 12.9. The first-order valence-corrected chi connectivity index (χ1v) is 8.58. The minimum atomic E-state index is -0.211. The Morgan fingerprint density at radius 2 is 1.75 bits per heavy atom. The van der Waals surface area contributed by atoms with E-state index in [2.05, 4.69) is 24.1 Å². The molecule has 2 aromatic carbocycles. The van der Waals surface area contributed by atoms with E-state index in [0.29, 0.717) is 10.0 Å². The molecule has 3 nitrogen and oxygen atoms in total. The summed E-state index contributed by atoms with van der Waals surface area (Å²) in [5.41, 5.74) is 2.64. The van der Waals surface area contributed by atoms with Crippen LogP contribution in [0.25, 0.3) is 6.08 Å². The van der Waals surface area contributed by atoms with Gasteiger partial charge in [0.1, 0.15) is 0 Å². The highest BCUT2D eigenvalue weighted by Gasteiger charge is 2.03. The third-order valence-electron chi connectivity index (χ3n) is 3.64. The summed E-state index contributed by atoms with van der Waals surface area (Å²) < 4.78 is 0. The largest absolute Gasteiger partial charge is 0.372 e. The minimum Gasteiger partial charge on any atom is -0.372 e. The summed E-state index contributed by atoms with van der Waals surface area (Å²) in [5, 5.41) is 3.91. The molecule has 24 heavy (non-hydrogen) atoms. The third kappa shape index (κ3) is 5.02. The molecular formula is C19H20Cl2N2O. The van der Waals surface area contributed by atoms with E-state index in [9.17, 15) is 4.79 Å². The molecule has 0 saturated carbocycles. The van der Waals surface area contributed by atoms with E-state index < -0.39 is 0 Å². The maximum atomic E-state index is 12.0. The predicted molar refractivity (Wildman–Crippen MR) is 104 cm³/mol. The van der Waals surface area contributed by atoms with Crippen LogP contribution in [0.1, 0.15) is 19.4 Å². The van der Waals surface area contributed by atoms with Crippen molar-refractivity contribution in [2.24, 2.45) is 0 Å². The van der Waals surface area contributed by atoms with E-state index in [1.165, 1.54) is 6.08 Å². The lowest BCUT2D eigenvalue weighted by Crippen LogP contribution is -2.21. The van der Waals surface area contributed by atoms with Gasteiger partial charge < -0.3 is 10.2 Å². The molecule has 0 aromatic heterocycles. The normalized spacial score (nSPS) is 10.8. The van der Waals surface area contributed by atoms with Crippen molar-refractivity contribution in [1.82, 2.24) is 0 Å². The van der Waals surface area contributed by atoms with E-state index in [1.54, 1.807) is 24.3 Å². The monoisotopic (exact) mass is 362 g/mol. The van der Waals surface area contributed by atoms with Gasteiger partial charge in [-0.2, -0.15) is 0 Å². The Bertz CT molecular complexity index is 723. The second-order valence-corrected chi connectivity index (χ2v) is 6.05. The van der Waals surface area contributed by atoms with Crippen LogP contribution in [0.2, 0.25) is 10.0 Å². The van der Waals surface area contributed by atoms with Crippen LogP contribution in [-0.2, 0) is 4.79 Å². The van der Waals surface area contributed by atoms with Crippen molar-refractivity contribution < 1.29 is 4.79 Å². The lowest BCUT2D eigenvalue weighted by atomic mass is 10.2. The number of halogens is 2. The van der Waals surface area contributed by atoms with E-state index in [-0.39, 0.29) is 5.91 Å². The molecule has 1 amide bonds. The topological polar surface area (TPSA) is 32.3 Å². The van der Waals surface area contributed by atoms with E-state index in [4.69, 9.17) is 23.2 Å². The molecule has 0 spiro atoms. The molecule has 0 aliphatic rings. The summed E-state index contributed by atoms with van der Waals surface area (Å²) in [6.45, 7) is 6.14. The average Bonchev–Trinajstić information content (AvgIpc) is 2.56. The number of carbonyl (C=O) groups is 1. The second-order valence-electron chi connectivity index (χ2n) is 5.21. The zero-order chi connectivity index (χ0) is 17.5. The lowest BCUT2D eigenvalue weighted by Gasteiger charge is -2.21. The van der Waals surface area contributed by atoms with Gasteiger partial charge in [-0.15, -0.1) is 0 Å². The van der Waals surface area contributed by atoms with Gasteiger partial charge in [0.05, 0.1) is 0 Å². The number of nitrogens with one attached hydrogen (secondary N) is 1. The molecule has 0 aliphatic heterocycles. The van der Waals surface area contributed by atoms with Crippen LogP contribution in [-0.4, -0.2) is 19.0 Å². The van der Waals surface area contributed by atoms with E-state index >= 15 is 0 Å². The third-order valence-corrected chi connectivity index (χ3v) is 4.20. The molecule has 0 radical (unpaired) electrons. The summed E-state index contributed by atoms with van der Waals surface area (Å²) in [4.78, 5) is 14.3. The van der Waals surface area contributed by atoms with Crippen molar-refractivity contribution in [2.45, 2.75) is 13.8 Å². The van der Waals surface area contributed by atoms with Gasteiger partial charge in [0.2, 0.25) is 5.91 Å². The molecule has 2 rings (SSSR count). The van der Waals surface area contributed by atoms with Crippen molar-refractivity contribution in [3.63, 3.8) is 0 Å². The van der Waals surface area contributed by atoms with Crippen LogP contribution < -0.4 is 10.2 Å². The van der Waals surface area contributed by atoms with Crippen LogP contribution in [0.5, 0.6) is 0 Å². The molecule has 0 heterocycles. The van der Waals surface area contributed by atoms with Crippen LogP contribution in [0.15, 0.2) is 48.5 Å². The maximum absolute atomic E-state index is 12.0. The molecule has 0 aliphatic carbocycles. The lowest BCUT2D eigenvalue weighted by molar-refractivity contribution is -0.111. The highest BCUT2D eigenvalue weighted by Crippen LogP contribution is 2.22. The second kappa shape index (κ2) is 8.76. The van der Waals surface area contributed by atoms with Crippen molar-refractivity contribution in [2.75, 3.05) is 23.3 Å². The number of rotatable bonds is 6. The van der Waals surface area contributed by atoms with Gasteiger partial charge in [-0.05, 0) is 61.9 Å². The number of carbonyl (C=O) groups excluding carboxylic acids is 1. The molecule has 0 fully saturated rings. The Morgan fingerprint density at radius 3 is 2.33 bits per heavy atom. The van der Waals surface area contributed by atoms with Gasteiger partial charge in [-0.1, -0.05) is 29.3 Å². The van der Waals surface area contributed by atoms with Gasteiger partial charge in [-0.25, -0.2) is 0 Å². The summed E-state index contributed by atoms with van der Waals surface area (Å²) in [7, 11) is 0. The quantitative estimate of drug-likeness (QED) is 0.688. The van der Waals surface area contributed by atoms with Crippen molar-refractivity contribution in [3.8, 4) is 0 Å². The van der Waals surface area contributed by atoms with Crippen LogP contribution in [0.4, 0.5) is 11.4 Å². The highest BCUT2D eigenvalue weighted by molar-refractivity contribution is 6.35. The fourth-order valence-corrected chi connectivity index (χ4v) is 2.80. The Hall–Kier alpha value is -1.97. The van der Waals surface area contributed by atoms with Gasteiger partial charge in [-0.3, -0.25) is 4.79 Å². The van der Waals surface area contributed by atoms with Crippen molar-refractivity contribution in [3.05, 3.63) is 64.1 Å². The molecular weight excluding hydrogens is 343 g/mol. The minimum absolute atomic E-state index is 0.211. The molecule has 0 atom stereocenters. The zero-order valence-electron chi connectivity index (χ0n) is 13.7. The number of amides is 1. The molecule has 0 saturated heterocycles. The fraction of sp³-hybridized carbons (Fsp3) is 0.211. The van der Waals surface area contributed by atoms with E-state index in [0.717, 1.165) is 30.0 Å². The molecule has 5 heteroatoms. The smallest absolute Gasteiger partial charge is 0.248 e.